The molecule has 0 spiro atoms. The van der Waals surface area contributed by atoms with Gasteiger partial charge in [-0.1, -0.05) is 6.07 Å². The molecule has 0 aliphatic heterocycles. The molecule has 0 heterocycles. The van der Waals surface area contributed by atoms with Crippen LogP contribution in [-0.2, 0) is 20.9 Å². The molecule has 9 heteroatoms. The highest BCUT2D eigenvalue weighted by atomic mass is 16.6. The number of nitrogens with one attached hydrogen (secondary N) is 1. The van der Waals surface area contributed by atoms with E-state index in [1.165, 1.54) is 44.6 Å². The number of esters is 1. The van der Waals surface area contributed by atoms with Crippen LogP contribution in [0.2, 0.25) is 0 Å². The van der Waals surface area contributed by atoms with Gasteiger partial charge in [0.25, 0.3) is 11.6 Å². The largest absolute Gasteiger partial charge is 0.493 e. The number of rotatable bonds is 9. The highest BCUT2D eigenvalue weighted by Gasteiger charge is 2.08. The Kier molecular flexibility index (Phi) is 7.72. The zero-order chi connectivity index (χ0) is 21.2. The third-order valence-electron chi connectivity index (χ3n) is 3.80. The molecule has 2 rings (SSSR count). The van der Waals surface area contributed by atoms with Crippen LogP contribution in [0.4, 0.5) is 5.69 Å². The summed E-state index contributed by atoms with van der Waals surface area (Å²) in [5.41, 5.74) is 1.33. The number of carbonyl (C=O) groups is 2. The zero-order valence-electron chi connectivity index (χ0n) is 15.9. The highest BCUT2D eigenvalue weighted by molar-refractivity contribution is 5.89. The molecule has 1 N–H and O–H groups in total. The molecule has 0 fully saturated rings. The maximum atomic E-state index is 11.8. The van der Waals surface area contributed by atoms with Gasteiger partial charge in [0.15, 0.2) is 18.1 Å². The minimum atomic E-state index is -0.704. The van der Waals surface area contributed by atoms with Crippen molar-refractivity contribution in [3.8, 4) is 11.5 Å². The summed E-state index contributed by atoms with van der Waals surface area (Å²) in [5.74, 6) is -0.0418. The number of hydrogen-bond acceptors (Lipinski definition) is 7. The third kappa shape index (κ3) is 6.65. The summed E-state index contributed by atoms with van der Waals surface area (Å²) < 4.78 is 15.2. The number of amides is 1. The summed E-state index contributed by atoms with van der Waals surface area (Å²) in [4.78, 5) is 33.6. The molecular formula is C20H20N2O7. The summed E-state index contributed by atoms with van der Waals surface area (Å²) in [6.45, 7) is -0.202. The predicted molar refractivity (Wildman–Crippen MR) is 104 cm³/mol. The van der Waals surface area contributed by atoms with Gasteiger partial charge in [-0.05, 0) is 41.5 Å². The Morgan fingerprint density at radius 3 is 2.38 bits per heavy atom. The second-order valence-electron chi connectivity index (χ2n) is 5.76. The molecule has 0 bridgehead atoms. The van der Waals surface area contributed by atoms with E-state index in [2.05, 4.69) is 5.32 Å². The average Bonchev–Trinajstić information content (AvgIpc) is 2.74. The van der Waals surface area contributed by atoms with Crippen molar-refractivity contribution in [2.75, 3.05) is 20.8 Å². The van der Waals surface area contributed by atoms with E-state index in [4.69, 9.17) is 14.2 Å². The van der Waals surface area contributed by atoms with Crippen LogP contribution in [0.3, 0.4) is 0 Å². The molecule has 0 aliphatic carbocycles. The molecule has 0 atom stereocenters. The summed E-state index contributed by atoms with van der Waals surface area (Å²) >= 11 is 0. The van der Waals surface area contributed by atoms with Gasteiger partial charge < -0.3 is 19.5 Å². The minimum Gasteiger partial charge on any atom is -0.493 e. The van der Waals surface area contributed by atoms with Crippen molar-refractivity contribution in [2.24, 2.45) is 0 Å². The molecule has 2 aromatic rings. The first-order chi connectivity index (χ1) is 13.9. The minimum absolute atomic E-state index is 0.0455. The number of methoxy groups -OCH3 is 2. The van der Waals surface area contributed by atoms with Gasteiger partial charge in [0.2, 0.25) is 0 Å². The number of benzene rings is 2. The van der Waals surface area contributed by atoms with Crippen LogP contribution >= 0.6 is 0 Å². The molecular weight excluding hydrogens is 380 g/mol. The second kappa shape index (κ2) is 10.5. The first kappa shape index (κ1) is 21.4. The summed E-state index contributed by atoms with van der Waals surface area (Å²) in [5, 5.41) is 13.2. The Balaban J connectivity index is 1.78. The fourth-order valence-corrected chi connectivity index (χ4v) is 2.30. The maximum absolute atomic E-state index is 11.8. The number of nitro benzene ring substituents is 1. The number of nitro groups is 1. The van der Waals surface area contributed by atoms with Crippen LogP contribution in [0.15, 0.2) is 48.5 Å². The Hall–Kier alpha value is -3.88. The van der Waals surface area contributed by atoms with Crippen molar-refractivity contribution in [2.45, 2.75) is 6.54 Å². The lowest BCUT2D eigenvalue weighted by Crippen LogP contribution is -2.28. The van der Waals surface area contributed by atoms with Crippen LogP contribution in [0.25, 0.3) is 6.08 Å². The van der Waals surface area contributed by atoms with Crippen molar-refractivity contribution in [1.29, 1.82) is 0 Å². The van der Waals surface area contributed by atoms with Crippen molar-refractivity contribution in [3.63, 3.8) is 0 Å². The lowest BCUT2D eigenvalue weighted by Gasteiger charge is -2.10. The van der Waals surface area contributed by atoms with E-state index < -0.39 is 23.4 Å². The SMILES string of the molecule is COc1ccc(CNC(=O)COC(=O)/C=C/c2ccc([N+](=O)[O-])cc2)cc1OC. The van der Waals surface area contributed by atoms with E-state index >= 15 is 0 Å². The number of nitrogens with zero attached hydrogens (tertiary/aromatic N) is 1. The van der Waals surface area contributed by atoms with E-state index in [0.29, 0.717) is 17.1 Å². The summed E-state index contributed by atoms with van der Waals surface area (Å²) in [6.07, 6.45) is 2.58. The van der Waals surface area contributed by atoms with Crippen molar-refractivity contribution in [3.05, 3.63) is 69.8 Å². The van der Waals surface area contributed by atoms with E-state index in [9.17, 15) is 19.7 Å². The Bertz CT molecular complexity index is 908. The lowest BCUT2D eigenvalue weighted by molar-refractivity contribution is -0.384. The molecule has 1 amide bonds. The summed E-state index contributed by atoms with van der Waals surface area (Å²) in [7, 11) is 3.05. The van der Waals surface area contributed by atoms with E-state index in [0.717, 1.165) is 11.6 Å². The van der Waals surface area contributed by atoms with E-state index in [-0.39, 0.29) is 12.2 Å². The normalized spacial score (nSPS) is 10.4. The lowest BCUT2D eigenvalue weighted by atomic mass is 10.2. The van der Waals surface area contributed by atoms with Gasteiger partial charge in [0.05, 0.1) is 19.1 Å². The standard InChI is InChI=1S/C20H20N2O7/c1-27-17-9-5-15(11-18(17)28-2)12-21-19(23)13-29-20(24)10-6-14-3-7-16(8-4-14)22(25)26/h3-11H,12-13H2,1-2H3,(H,21,23)/b10-6+. The van der Waals surface area contributed by atoms with Crippen LogP contribution in [-0.4, -0.2) is 37.6 Å². The van der Waals surface area contributed by atoms with Crippen LogP contribution in [0.5, 0.6) is 11.5 Å². The van der Waals surface area contributed by atoms with E-state index in [1.807, 2.05) is 0 Å². The topological polar surface area (TPSA) is 117 Å². The van der Waals surface area contributed by atoms with Gasteiger partial charge in [0.1, 0.15) is 0 Å². The molecule has 0 radical (unpaired) electrons. The maximum Gasteiger partial charge on any atom is 0.331 e. The van der Waals surface area contributed by atoms with Crippen LogP contribution in [0.1, 0.15) is 11.1 Å². The quantitative estimate of drug-likeness (QED) is 0.297. The number of hydrogen-bond donors (Lipinski definition) is 1. The van der Waals surface area contributed by atoms with Gasteiger partial charge in [0, 0.05) is 24.8 Å². The molecule has 29 heavy (non-hydrogen) atoms. The van der Waals surface area contributed by atoms with Crippen molar-refractivity contribution in [1.82, 2.24) is 5.32 Å². The molecule has 0 aliphatic rings. The second-order valence-corrected chi connectivity index (χ2v) is 5.76. The highest BCUT2D eigenvalue weighted by Crippen LogP contribution is 2.27. The molecule has 2 aromatic carbocycles. The van der Waals surface area contributed by atoms with E-state index in [1.54, 1.807) is 18.2 Å². The smallest absolute Gasteiger partial charge is 0.331 e. The number of non-ortho nitro benzene ring substituents is 1. The Morgan fingerprint density at radius 2 is 1.76 bits per heavy atom. The predicted octanol–water partition coefficient (Wildman–Crippen LogP) is 2.48. The summed E-state index contributed by atoms with van der Waals surface area (Å²) in [6, 6.07) is 10.9. The average molecular weight is 400 g/mol. The monoisotopic (exact) mass is 400 g/mol. The first-order valence-corrected chi connectivity index (χ1v) is 8.50. The van der Waals surface area contributed by atoms with Gasteiger partial charge in [-0.15, -0.1) is 0 Å². The Labute approximate surface area is 167 Å². The van der Waals surface area contributed by atoms with Crippen molar-refractivity contribution >= 4 is 23.6 Å². The third-order valence-corrected chi connectivity index (χ3v) is 3.80. The fraction of sp³-hybridized carbons (Fsp3) is 0.200. The molecule has 0 saturated heterocycles. The van der Waals surface area contributed by atoms with Gasteiger partial charge in [-0.2, -0.15) is 0 Å². The molecule has 152 valence electrons. The Morgan fingerprint density at radius 1 is 1.07 bits per heavy atom. The molecule has 0 aromatic heterocycles. The first-order valence-electron chi connectivity index (χ1n) is 8.50. The number of carbonyl (C=O) groups excluding carboxylic acids is 2. The van der Waals surface area contributed by atoms with Crippen molar-refractivity contribution < 1.29 is 28.7 Å². The van der Waals surface area contributed by atoms with Crippen LogP contribution < -0.4 is 14.8 Å². The fourth-order valence-electron chi connectivity index (χ4n) is 2.30. The molecule has 0 saturated carbocycles. The van der Waals surface area contributed by atoms with Crippen LogP contribution in [0, 0.1) is 10.1 Å². The number of ether oxygens (including phenoxy) is 3. The van der Waals surface area contributed by atoms with Gasteiger partial charge >= 0.3 is 5.97 Å². The van der Waals surface area contributed by atoms with Gasteiger partial charge in [-0.3, -0.25) is 14.9 Å². The zero-order valence-corrected chi connectivity index (χ0v) is 15.9. The molecule has 0 unspecified atom stereocenters. The van der Waals surface area contributed by atoms with Gasteiger partial charge in [-0.25, -0.2) is 4.79 Å². The molecule has 9 nitrogen and oxygen atoms in total.